The highest BCUT2D eigenvalue weighted by Gasteiger charge is 2.23. The molecule has 0 radical (unpaired) electrons. The van der Waals surface area contributed by atoms with Gasteiger partial charge in [-0.25, -0.2) is 0 Å². The van der Waals surface area contributed by atoms with Gasteiger partial charge in [0.05, 0.1) is 24.7 Å². The van der Waals surface area contributed by atoms with E-state index in [1.54, 1.807) is 6.07 Å². The second-order valence-electron chi connectivity index (χ2n) is 6.09. The van der Waals surface area contributed by atoms with Gasteiger partial charge in [0.2, 0.25) is 0 Å². The zero-order chi connectivity index (χ0) is 19.5. The summed E-state index contributed by atoms with van der Waals surface area (Å²) in [7, 11) is 1.47. The number of rotatable bonds is 5. The first-order valence-electron chi connectivity index (χ1n) is 8.61. The van der Waals surface area contributed by atoms with E-state index in [4.69, 9.17) is 13.9 Å². The minimum atomic E-state index is -0.548. The number of carbonyl (C=O) groups excluding carboxylic acids is 1. The molecule has 11 heteroatoms. The molecule has 0 bridgehead atoms. The number of hydrogen-bond acceptors (Lipinski definition) is 10. The van der Waals surface area contributed by atoms with E-state index >= 15 is 0 Å². The van der Waals surface area contributed by atoms with Crippen molar-refractivity contribution in [1.29, 1.82) is 0 Å². The van der Waals surface area contributed by atoms with E-state index in [1.165, 1.54) is 18.4 Å². The summed E-state index contributed by atoms with van der Waals surface area (Å²) in [6.07, 6.45) is 0.0968. The summed E-state index contributed by atoms with van der Waals surface area (Å²) in [5.74, 6) is 0.716. The molecule has 1 N–H and O–H groups in total. The number of thiophene rings is 1. The van der Waals surface area contributed by atoms with Crippen molar-refractivity contribution in [2.24, 2.45) is 0 Å². The van der Waals surface area contributed by atoms with Crippen LogP contribution >= 0.6 is 11.3 Å². The van der Waals surface area contributed by atoms with Crippen molar-refractivity contribution in [3.63, 3.8) is 0 Å². The lowest BCUT2D eigenvalue weighted by molar-refractivity contribution is 0.0528. The van der Waals surface area contributed by atoms with Gasteiger partial charge in [0.25, 0.3) is 11.8 Å². The van der Waals surface area contributed by atoms with E-state index in [1.807, 2.05) is 29.3 Å². The molecule has 1 saturated heterocycles. The van der Waals surface area contributed by atoms with Crippen LogP contribution in [0.3, 0.4) is 0 Å². The third-order valence-corrected chi connectivity index (χ3v) is 4.98. The summed E-state index contributed by atoms with van der Waals surface area (Å²) >= 11 is 1.46. The van der Waals surface area contributed by atoms with Gasteiger partial charge in [-0.2, -0.15) is 0 Å². The molecule has 0 spiro atoms. The summed E-state index contributed by atoms with van der Waals surface area (Å²) in [5.41, 5.74) is 0.0310. The summed E-state index contributed by atoms with van der Waals surface area (Å²) < 4.78 is 16.3. The number of methoxy groups -OCH3 is 1. The molecule has 3 aromatic rings. The van der Waals surface area contributed by atoms with Crippen LogP contribution in [0, 0.1) is 0 Å². The second-order valence-corrected chi connectivity index (χ2v) is 7.04. The Hall–Kier alpha value is -3.05. The Morgan fingerprint density at radius 3 is 3.00 bits per heavy atom. The van der Waals surface area contributed by atoms with Crippen LogP contribution in [0.25, 0.3) is 10.8 Å². The minimum absolute atomic E-state index is 0.0247. The molecular weight excluding hydrogens is 384 g/mol. The highest BCUT2D eigenvalue weighted by atomic mass is 32.1. The van der Waals surface area contributed by atoms with Crippen molar-refractivity contribution in [3.05, 3.63) is 29.3 Å². The SMILES string of the molecule is COc1cc(N2CCO[C@H](C)C2)nnc1C(=O)Nc1nnc(-c2cccs2)o1. The maximum atomic E-state index is 12.6. The molecule has 1 aliphatic heterocycles. The Kier molecular flexibility index (Phi) is 5.17. The molecule has 1 atom stereocenters. The molecule has 10 nitrogen and oxygen atoms in total. The van der Waals surface area contributed by atoms with Gasteiger partial charge in [-0.3, -0.25) is 10.1 Å². The molecule has 0 aromatic carbocycles. The summed E-state index contributed by atoms with van der Waals surface area (Å²) in [6.45, 7) is 3.99. The first-order valence-corrected chi connectivity index (χ1v) is 9.49. The number of anilines is 2. The maximum Gasteiger partial charge on any atom is 0.322 e. The number of morpholine rings is 1. The number of nitrogens with zero attached hydrogens (tertiary/aromatic N) is 5. The molecule has 0 unspecified atom stereocenters. The molecule has 0 aliphatic carbocycles. The lowest BCUT2D eigenvalue weighted by Crippen LogP contribution is -2.41. The molecule has 4 heterocycles. The summed E-state index contributed by atoms with van der Waals surface area (Å²) in [4.78, 5) is 15.4. The van der Waals surface area contributed by atoms with Gasteiger partial charge >= 0.3 is 6.01 Å². The van der Waals surface area contributed by atoms with Crippen LogP contribution in [0.5, 0.6) is 5.75 Å². The van der Waals surface area contributed by atoms with Gasteiger partial charge in [0.1, 0.15) is 0 Å². The number of aromatic nitrogens is 4. The minimum Gasteiger partial charge on any atom is -0.494 e. The zero-order valence-corrected chi connectivity index (χ0v) is 16.1. The number of hydrogen-bond donors (Lipinski definition) is 1. The van der Waals surface area contributed by atoms with Crippen LogP contribution < -0.4 is 15.0 Å². The van der Waals surface area contributed by atoms with E-state index in [0.29, 0.717) is 37.2 Å². The van der Waals surface area contributed by atoms with Gasteiger partial charge in [0, 0.05) is 19.2 Å². The number of carbonyl (C=O) groups is 1. The molecule has 1 fully saturated rings. The predicted octanol–water partition coefficient (Wildman–Crippen LogP) is 2.07. The number of amides is 1. The first kappa shape index (κ1) is 18.3. The fourth-order valence-electron chi connectivity index (χ4n) is 2.79. The summed E-state index contributed by atoms with van der Waals surface area (Å²) in [5, 5.41) is 20.4. The van der Waals surface area contributed by atoms with E-state index in [-0.39, 0.29) is 17.8 Å². The van der Waals surface area contributed by atoms with Crippen molar-refractivity contribution in [1.82, 2.24) is 20.4 Å². The quantitative estimate of drug-likeness (QED) is 0.684. The monoisotopic (exact) mass is 402 g/mol. The first-order chi connectivity index (χ1) is 13.6. The van der Waals surface area contributed by atoms with Crippen LogP contribution in [0.15, 0.2) is 28.0 Å². The lowest BCUT2D eigenvalue weighted by Gasteiger charge is -2.31. The lowest BCUT2D eigenvalue weighted by atomic mass is 10.2. The Labute approximate surface area is 164 Å². The van der Waals surface area contributed by atoms with Crippen LogP contribution in [-0.2, 0) is 4.74 Å². The van der Waals surface area contributed by atoms with Gasteiger partial charge in [-0.15, -0.1) is 26.6 Å². The van der Waals surface area contributed by atoms with Crippen LogP contribution in [0.1, 0.15) is 17.4 Å². The topological polar surface area (TPSA) is 116 Å². The van der Waals surface area contributed by atoms with Crippen molar-refractivity contribution >= 4 is 29.1 Å². The van der Waals surface area contributed by atoms with Gasteiger partial charge in [-0.05, 0) is 18.4 Å². The Balaban J connectivity index is 1.51. The van der Waals surface area contributed by atoms with Gasteiger partial charge in [0.15, 0.2) is 17.3 Å². The fraction of sp³-hybridized carbons (Fsp3) is 0.353. The van der Waals surface area contributed by atoms with Gasteiger partial charge in [-0.1, -0.05) is 11.2 Å². The molecule has 28 heavy (non-hydrogen) atoms. The van der Waals surface area contributed by atoms with Crippen molar-refractivity contribution in [3.8, 4) is 16.5 Å². The molecule has 0 saturated carbocycles. The summed E-state index contributed by atoms with van der Waals surface area (Å²) in [6, 6.07) is 5.39. The molecule has 146 valence electrons. The van der Waals surface area contributed by atoms with Crippen molar-refractivity contribution < 1.29 is 18.7 Å². The fourth-order valence-corrected chi connectivity index (χ4v) is 3.43. The number of nitrogens with one attached hydrogen (secondary N) is 1. The van der Waals surface area contributed by atoms with Crippen LogP contribution in [0.4, 0.5) is 11.8 Å². The van der Waals surface area contributed by atoms with Crippen molar-refractivity contribution in [2.75, 3.05) is 37.0 Å². The molecular formula is C17H18N6O4S. The largest absolute Gasteiger partial charge is 0.494 e. The highest BCUT2D eigenvalue weighted by molar-refractivity contribution is 7.13. The average Bonchev–Trinajstić information content (AvgIpc) is 3.39. The highest BCUT2D eigenvalue weighted by Crippen LogP contribution is 2.26. The normalized spacial score (nSPS) is 16.8. The van der Waals surface area contributed by atoms with E-state index in [2.05, 4.69) is 25.7 Å². The average molecular weight is 402 g/mol. The van der Waals surface area contributed by atoms with E-state index < -0.39 is 5.91 Å². The standard InChI is InChI=1S/C17H18N6O4S/c1-10-9-23(5-6-26-10)13-8-11(25-2)14(20-19-13)15(24)18-17-22-21-16(27-17)12-4-3-7-28-12/h3-4,7-8,10H,5-6,9H2,1-2H3,(H,18,22,24)/t10-/m1/s1. The molecule has 4 rings (SSSR count). The maximum absolute atomic E-state index is 12.6. The number of ether oxygens (including phenoxy) is 2. The van der Waals surface area contributed by atoms with Gasteiger partial charge < -0.3 is 18.8 Å². The Morgan fingerprint density at radius 2 is 2.25 bits per heavy atom. The van der Waals surface area contributed by atoms with E-state index in [9.17, 15) is 4.79 Å². The van der Waals surface area contributed by atoms with Crippen molar-refractivity contribution in [2.45, 2.75) is 13.0 Å². The van der Waals surface area contributed by atoms with Crippen LogP contribution in [0.2, 0.25) is 0 Å². The molecule has 1 amide bonds. The molecule has 1 aliphatic rings. The predicted molar refractivity (Wildman–Crippen MR) is 102 cm³/mol. The second kappa shape index (κ2) is 7.90. The van der Waals surface area contributed by atoms with Crippen LogP contribution in [-0.4, -0.2) is 59.2 Å². The third kappa shape index (κ3) is 3.80. The smallest absolute Gasteiger partial charge is 0.322 e. The third-order valence-electron chi connectivity index (χ3n) is 4.12. The Bertz CT molecular complexity index is 960. The Morgan fingerprint density at radius 1 is 1.36 bits per heavy atom. The van der Waals surface area contributed by atoms with E-state index in [0.717, 1.165) is 4.88 Å². The molecule has 3 aromatic heterocycles. The zero-order valence-electron chi connectivity index (χ0n) is 15.3.